The smallest absolute Gasteiger partial charge is 2.00 e. The van der Waals surface area contributed by atoms with Crippen LogP contribution < -0.4 is 9.47 Å². The van der Waals surface area contributed by atoms with E-state index in [9.17, 15) is 9.59 Å². The maximum absolute atomic E-state index is 9.97. The zero-order chi connectivity index (χ0) is 31.0. The molecule has 0 radical (unpaired) electrons. The molecule has 0 aliphatic rings. The van der Waals surface area contributed by atoms with Gasteiger partial charge in [-0.15, -0.1) is 12.8 Å². The standard InChI is InChI=1S/2C8H8NO2.2C3H8S.4CO.2Fe/c2*1-11-8-4-2-3-7(9-8)5-6-10;2*1-2-3-4;4*1-2;;/h2*2-4H,5H2,1H3;2*4H,2-3H2,1H3;;;;;;/q2*-1;;;;;;;2*+2/p-2. The van der Waals surface area contributed by atoms with Crippen molar-refractivity contribution in [2.24, 2.45) is 0 Å². The molecule has 0 spiro atoms. The van der Waals surface area contributed by atoms with Gasteiger partial charge in [0.2, 0.25) is 11.8 Å². The fourth-order valence-electron chi connectivity index (χ4n) is 1.49. The average molecular weight is 674 g/mol. The van der Waals surface area contributed by atoms with E-state index in [0.717, 1.165) is 24.3 Å². The van der Waals surface area contributed by atoms with Gasteiger partial charge in [-0.1, -0.05) is 38.8 Å². The molecule has 0 aliphatic heterocycles. The quantitative estimate of drug-likeness (QED) is 0.179. The van der Waals surface area contributed by atoms with Crippen molar-refractivity contribution in [3.8, 4) is 11.8 Å². The molecule has 2 aromatic rings. The van der Waals surface area contributed by atoms with Crippen LogP contribution in [0.15, 0.2) is 36.4 Å². The van der Waals surface area contributed by atoms with E-state index in [1.54, 1.807) is 49.0 Å². The molecule has 0 fully saturated rings. The third kappa shape index (κ3) is 48.9. The average Bonchev–Trinajstić information content (AvgIpc) is 3.02. The first-order valence-electron chi connectivity index (χ1n) is 10.2. The van der Waals surface area contributed by atoms with Gasteiger partial charge in [-0.2, -0.15) is 11.5 Å². The van der Waals surface area contributed by atoms with E-state index < -0.39 is 0 Å². The fourth-order valence-corrected chi connectivity index (χ4v) is 1.49. The monoisotopic (exact) mass is 674 g/mol. The van der Waals surface area contributed by atoms with Crippen molar-refractivity contribution in [1.29, 1.82) is 0 Å². The summed E-state index contributed by atoms with van der Waals surface area (Å²) in [4.78, 5) is 27.9. The molecule has 2 heterocycles. The second-order valence-electron chi connectivity index (χ2n) is 5.39. The number of rotatable bonds is 8. The summed E-state index contributed by atoms with van der Waals surface area (Å²) in [6, 6.07) is 10.6. The van der Waals surface area contributed by atoms with Crippen molar-refractivity contribution in [3.63, 3.8) is 0 Å². The van der Waals surface area contributed by atoms with Crippen molar-refractivity contribution in [1.82, 2.24) is 9.97 Å². The van der Waals surface area contributed by atoms with Crippen molar-refractivity contribution in [2.75, 3.05) is 25.7 Å². The Hall–Kier alpha value is -2.06. The largest absolute Gasteiger partial charge is 2.00 e. The van der Waals surface area contributed by atoms with E-state index in [2.05, 4.69) is 75.7 Å². The second-order valence-corrected chi connectivity index (χ2v) is 6.21. The summed E-state index contributed by atoms with van der Waals surface area (Å²) in [7, 11) is 3.08. The molecule has 0 saturated carbocycles. The number of ether oxygens (including phenoxy) is 2. The van der Waals surface area contributed by atoms with Gasteiger partial charge in [-0.3, -0.25) is 12.6 Å². The van der Waals surface area contributed by atoms with Crippen molar-refractivity contribution in [3.05, 3.63) is 74.4 Å². The van der Waals surface area contributed by atoms with Crippen LogP contribution in [-0.2, 0) is 100 Å². The van der Waals surface area contributed by atoms with Gasteiger partial charge < -0.3 is 44.3 Å². The first-order valence-corrected chi connectivity index (χ1v) is 11.4. The third-order valence-electron chi connectivity index (χ3n) is 2.90. The molecule has 0 unspecified atom stereocenters. The van der Waals surface area contributed by atoms with Crippen molar-refractivity contribution >= 4 is 37.8 Å². The van der Waals surface area contributed by atoms with Crippen LogP contribution in [0.1, 0.15) is 38.1 Å². The van der Waals surface area contributed by atoms with Gasteiger partial charge in [-0.25, -0.2) is 9.97 Å². The van der Waals surface area contributed by atoms with Crippen molar-refractivity contribution in [2.45, 2.75) is 39.5 Å². The predicted molar refractivity (Wildman–Crippen MR) is 141 cm³/mol. The van der Waals surface area contributed by atoms with Gasteiger partial charge in [0.15, 0.2) is 0 Å². The minimum atomic E-state index is 0. The van der Waals surface area contributed by atoms with Gasteiger partial charge in [0, 0.05) is 23.5 Å². The van der Waals surface area contributed by atoms with E-state index in [-0.39, 0.29) is 47.0 Å². The van der Waals surface area contributed by atoms with Crippen LogP contribution in [0.5, 0.6) is 11.8 Å². The summed E-state index contributed by atoms with van der Waals surface area (Å²) in [5.41, 5.74) is 1.36. The second kappa shape index (κ2) is 61.1. The number of aromatic nitrogens is 2. The van der Waals surface area contributed by atoms with E-state index >= 15 is 0 Å². The molecule has 0 bridgehead atoms. The number of hydrogen-bond donors (Lipinski definition) is 0. The molecule has 220 valence electrons. The number of pyridine rings is 2. The summed E-state index contributed by atoms with van der Waals surface area (Å²) in [6.07, 6.45) is 6.24. The van der Waals surface area contributed by atoms with Crippen LogP contribution in [-0.4, -0.2) is 48.3 Å². The Morgan fingerprint density at radius 2 is 0.925 bits per heavy atom. The third-order valence-corrected chi connectivity index (χ3v) is 3.71. The molecule has 2 rings (SSSR count). The van der Waals surface area contributed by atoms with Crippen LogP contribution in [0.2, 0.25) is 0 Å². The Morgan fingerprint density at radius 3 is 1.10 bits per heavy atom. The molecule has 40 heavy (non-hydrogen) atoms. The van der Waals surface area contributed by atoms with Gasteiger partial charge >= 0.3 is 79.3 Å². The minimum Gasteiger partial charge on any atom is 2.00 e. The van der Waals surface area contributed by atoms with Gasteiger partial charge in [-0.05, 0) is 12.1 Å². The zero-order valence-corrected chi connectivity index (χ0v) is 26.2. The van der Waals surface area contributed by atoms with E-state index in [4.69, 9.17) is 28.1 Å². The molecular formula is C26H30Fe2N2O8S2. The van der Waals surface area contributed by atoms with Gasteiger partial charge in [0.25, 0.3) is 0 Å². The molecule has 0 aliphatic carbocycles. The molecule has 10 nitrogen and oxygen atoms in total. The summed E-state index contributed by atoms with van der Waals surface area (Å²) >= 11 is 9.11. The zero-order valence-electron chi connectivity index (χ0n) is 22.4. The normalized spacial score (nSPS) is 6.75. The first-order chi connectivity index (χ1) is 18.6. The van der Waals surface area contributed by atoms with Crippen LogP contribution in [0.3, 0.4) is 0 Å². The van der Waals surface area contributed by atoms with E-state index in [1.165, 1.54) is 14.2 Å². The Labute approximate surface area is 269 Å². The molecule has 0 aromatic carbocycles. The predicted octanol–water partition coefficient (Wildman–Crippen LogP) is 3.22. The van der Waals surface area contributed by atoms with Crippen LogP contribution in [0, 0.1) is 26.6 Å². The van der Waals surface area contributed by atoms with Crippen LogP contribution in [0.4, 0.5) is 0 Å². The molecule has 0 N–H and O–H groups in total. The van der Waals surface area contributed by atoms with Crippen molar-refractivity contribution < 1.29 is 71.8 Å². The SMILES string of the molecule is CCC[S-].CCC[S-].COc1cccc(C[C-]=O)n1.COc1cccc(C[C-]=O)n1.[C-]#[O+].[C-]#[O+].[C-]#[O+].[C-]#[O+].[Fe+2].[Fe+2]. The Bertz CT molecular complexity index is 770. The van der Waals surface area contributed by atoms with Crippen LogP contribution >= 0.6 is 0 Å². The molecule has 0 amide bonds. The summed E-state index contributed by atoms with van der Waals surface area (Å²) in [6.45, 7) is 22.2. The van der Waals surface area contributed by atoms with Gasteiger partial charge in [0.05, 0.1) is 14.2 Å². The summed E-state index contributed by atoms with van der Waals surface area (Å²) in [5.74, 6) is 2.86. The molecule has 2 aromatic heterocycles. The Morgan fingerprint density at radius 1 is 0.675 bits per heavy atom. The van der Waals surface area contributed by atoms with E-state index in [0.29, 0.717) is 23.1 Å². The van der Waals surface area contributed by atoms with Gasteiger partial charge in [0.1, 0.15) is 0 Å². The number of hydrogen-bond acceptors (Lipinski definition) is 8. The molecule has 14 heteroatoms. The molecule has 0 atom stereocenters. The minimum absolute atomic E-state index is 0. The molecular weight excluding hydrogens is 644 g/mol. The first kappa shape index (κ1) is 57.8. The number of carbonyl (C=O) groups excluding carboxylic acids is 2. The fraction of sp³-hybridized carbons (Fsp3) is 0.385. The van der Waals surface area contributed by atoms with E-state index in [1.807, 2.05) is 0 Å². The number of nitrogens with zero attached hydrogens (tertiary/aromatic N) is 2. The summed E-state index contributed by atoms with van der Waals surface area (Å²) in [5, 5.41) is 0. The molecule has 0 saturated heterocycles. The topological polar surface area (TPSA) is 158 Å². The maximum Gasteiger partial charge on any atom is 2.00 e. The Balaban J connectivity index is -0.0000000550. The summed E-state index contributed by atoms with van der Waals surface area (Å²) < 4.78 is 39.7. The van der Waals surface area contributed by atoms with Crippen LogP contribution in [0.25, 0.3) is 0 Å². The maximum atomic E-state index is 9.97. The number of methoxy groups -OCH3 is 2. The Kier molecular flexibility index (Phi) is 88.3.